The van der Waals surface area contributed by atoms with E-state index in [0.29, 0.717) is 0 Å². The molecule has 0 aliphatic rings. The summed E-state index contributed by atoms with van der Waals surface area (Å²) >= 11 is 0. The number of nitrogens with zero attached hydrogens (tertiary/aromatic N) is 3. The summed E-state index contributed by atoms with van der Waals surface area (Å²) < 4.78 is 15.0. The lowest BCUT2D eigenvalue weighted by Crippen LogP contribution is -2.36. The predicted molar refractivity (Wildman–Crippen MR) is 125 cm³/mol. The Hall–Kier alpha value is -3.58. The van der Waals surface area contributed by atoms with Gasteiger partial charge in [0.05, 0.1) is 24.5 Å². The smallest absolute Gasteiger partial charge is 0.250 e. The molecule has 0 bridgehead atoms. The first-order valence-electron chi connectivity index (χ1n) is 10.6. The van der Waals surface area contributed by atoms with Crippen LogP contribution in [-0.4, -0.2) is 27.5 Å². The van der Waals surface area contributed by atoms with Gasteiger partial charge in [-0.15, -0.1) is 0 Å². The highest BCUT2D eigenvalue weighted by Crippen LogP contribution is 2.31. The first-order chi connectivity index (χ1) is 15.4. The highest BCUT2D eigenvalue weighted by atomic mass is 16.5. The molecule has 166 valence electrons. The van der Waals surface area contributed by atoms with Crippen LogP contribution < -0.4 is 20.8 Å². The van der Waals surface area contributed by atoms with E-state index in [9.17, 15) is 4.79 Å². The van der Waals surface area contributed by atoms with Gasteiger partial charge < -0.3 is 19.8 Å². The minimum Gasteiger partial charge on any atom is -0.497 e. The molecule has 0 saturated carbocycles. The van der Waals surface area contributed by atoms with E-state index in [1.54, 1.807) is 37.3 Å². The Morgan fingerprint density at radius 3 is 2.38 bits per heavy atom. The topological polar surface area (TPSA) is 84.3 Å². The largest absolute Gasteiger partial charge is 0.497 e. The van der Waals surface area contributed by atoms with Crippen molar-refractivity contribution in [2.45, 2.75) is 26.0 Å². The quantitative estimate of drug-likeness (QED) is 0.480. The van der Waals surface area contributed by atoms with Gasteiger partial charge in [-0.3, -0.25) is 4.79 Å². The van der Waals surface area contributed by atoms with E-state index in [0.717, 1.165) is 33.7 Å². The second-order valence-electron chi connectivity index (χ2n) is 8.25. The molecule has 2 N–H and O–H groups in total. The maximum absolute atomic E-state index is 11.7. The van der Waals surface area contributed by atoms with Crippen LogP contribution in [0.15, 0.2) is 71.8 Å². The number of aromatic nitrogens is 3. The number of fused-ring (bicyclic) bond motifs is 1. The van der Waals surface area contributed by atoms with Crippen LogP contribution in [0.5, 0.6) is 11.5 Å². The Balaban J connectivity index is 1.66. The fourth-order valence-corrected chi connectivity index (χ4v) is 3.65. The van der Waals surface area contributed by atoms with Crippen molar-refractivity contribution < 1.29 is 9.47 Å². The molecule has 7 nitrogen and oxygen atoms in total. The molecule has 32 heavy (non-hydrogen) atoms. The summed E-state index contributed by atoms with van der Waals surface area (Å²) in [5.74, 6) is 1.74. The number of aryl methyl sites for hydroxylation is 1. The Labute approximate surface area is 187 Å². The average molecular weight is 433 g/mol. The van der Waals surface area contributed by atoms with Gasteiger partial charge in [0.15, 0.2) is 0 Å². The fraction of sp³-hybridized carbons (Fsp3) is 0.280. The predicted octanol–water partition coefficient (Wildman–Crippen LogP) is 3.84. The summed E-state index contributed by atoms with van der Waals surface area (Å²) in [4.78, 5) is 11.7. The third-order valence-corrected chi connectivity index (χ3v) is 5.68. The molecule has 4 aromatic rings. The number of hydrogen-bond donors (Lipinski definition) is 1. The van der Waals surface area contributed by atoms with Gasteiger partial charge in [-0.1, -0.05) is 26.0 Å². The molecular formula is C25H28N4O3. The van der Waals surface area contributed by atoms with Crippen LogP contribution in [0, 0.1) is 5.92 Å². The molecule has 0 radical (unpaired) electrons. The first kappa shape index (κ1) is 21.6. The lowest BCUT2D eigenvalue weighted by atomic mass is 9.94. The lowest BCUT2D eigenvalue weighted by Gasteiger charge is -2.28. The number of rotatable bonds is 7. The second-order valence-corrected chi connectivity index (χ2v) is 8.25. The summed E-state index contributed by atoms with van der Waals surface area (Å²) in [7, 11) is 3.37. The van der Waals surface area contributed by atoms with Crippen LogP contribution in [0.4, 0.5) is 0 Å². The van der Waals surface area contributed by atoms with E-state index in [1.807, 2.05) is 42.5 Å². The third-order valence-electron chi connectivity index (χ3n) is 5.68. The number of pyridine rings is 1. The minimum absolute atomic E-state index is 0.0630. The fourth-order valence-electron chi connectivity index (χ4n) is 3.65. The lowest BCUT2D eigenvalue weighted by molar-refractivity contribution is 0.151. The van der Waals surface area contributed by atoms with Crippen LogP contribution in [0.3, 0.4) is 0 Å². The van der Waals surface area contributed by atoms with Gasteiger partial charge in [0.1, 0.15) is 17.6 Å². The van der Waals surface area contributed by atoms with E-state index in [-0.39, 0.29) is 23.6 Å². The number of benzene rings is 2. The Morgan fingerprint density at radius 2 is 1.72 bits per heavy atom. The van der Waals surface area contributed by atoms with Crippen molar-refractivity contribution in [2.75, 3.05) is 7.11 Å². The standard InChI is InChI=1S/C25H28N4O3/c1-16(2)24(26)25(17-5-8-20(31-4)9-6-17)32-21-10-11-22-18(13-21)14-27-29(22)19-7-12-23(30)28(3)15-19/h5-16,24-25H,26H2,1-4H3/t24-,25+/m0/s1. The molecular weight excluding hydrogens is 404 g/mol. The molecule has 2 aromatic carbocycles. The van der Waals surface area contributed by atoms with Crippen molar-refractivity contribution in [3.05, 3.63) is 82.9 Å². The Kier molecular flexibility index (Phi) is 6.01. The Bertz CT molecular complexity index is 1270. The number of hydrogen-bond acceptors (Lipinski definition) is 5. The molecule has 0 spiro atoms. The molecule has 0 aliphatic carbocycles. The van der Waals surface area contributed by atoms with Crippen molar-refractivity contribution in [1.29, 1.82) is 0 Å². The number of nitrogens with two attached hydrogens (primary N) is 1. The van der Waals surface area contributed by atoms with Gasteiger partial charge in [-0.2, -0.15) is 5.10 Å². The van der Waals surface area contributed by atoms with Crippen molar-refractivity contribution in [3.8, 4) is 17.2 Å². The summed E-state index contributed by atoms with van der Waals surface area (Å²) in [5, 5.41) is 5.44. The summed E-state index contributed by atoms with van der Waals surface area (Å²) in [6.07, 6.45) is 3.25. The van der Waals surface area contributed by atoms with Gasteiger partial charge in [-0.05, 0) is 47.9 Å². The van der Waals surface area contributed by atoms with Gasteiger partial charge in [0, 0.05) is 30.7 Å². The zero-order valence-corrected chi connectivity index (χ0v) is 18.7. The molecule has 4 rings (SSSR count). The van der Waals surface area contributed by atoms with Crippen molar-refractivity contribution in [1.82, 2.24) is 14.3 Å². The van der Waals surface area contributed by atoms with Gasteiger partial charge >= 0.3 is 0 Å². The molecule has 2 aromatic heterocycles. The van der Waals surface area contributed by atoms with Crippen molar-refractivity contribution >= 4 is 10.9 Å². The highest BCUT2D eigenvalue weighted by molar-refractivity contribution is 5.81. The van der Waals surface area contributed by atoms with E-state index in [4.69, 9.17) is 15.2 Å². The maximum Gasteiger partial charge on any atom is 0.250 e. The molecule has 7 heteroatoms. The molecule has 2 atom stereocenters. The van der Waals surface area contributed by atoms with E-state index < -0.39 is 0 Å². The van der Waals surface area contributed by atoms with Gasteiger partial charge in [0.2, 0.25) is 5.56 Å². The Morgan fingerprint density at radius 1 is 1.00 bits per heavy atom. The van der Waals surface area contributed by atoms with E-state index in [2.05, 4.69) is 18.9 Å². The highest BCUT2D eigenvalue weighted by Gasteiger charge is 2.25. The van der Waals surface area contributed by atoms with Crippen LogP contribution in [0.2, 0.25) is 0 Å². The van der Waals surface area contributed by atoms with Crippen LogP contribution in [0.1, 0.15) is 25.5 Å². The molecule has 2 heterocycles. The maximum atomic E-state index is 11.7. The molecule has 0 aliphatic heterocycles. The zero-order chi connectivity index (χ0) is 22.8. The number of methoxy groups -OCH3 is 1. The van der Waals surface area contributed by atoms with E-state index in [1.165, 1.54) is 10.6 Å². The SMILES string of the molecule is COc1ccc([C@@H](Oc2ccc3c(cnn3-c3ccc(=O)n(C)c3)c2)[C@@H](N)C(C)C)cc1. The third kappa shape index (κ3) is 4.24. The first-order valence-corrected chi connectivity index (χ1v) is 10.6. The summed E-state index contributed by atoms with van der Waals surface area (Å²) in [5.41, 5.74) is 9.20. The van der Waals surface area contributed by atoms with Gasteiger partial charge in [-0.25, -0.2) is 4.68 Å². The monoisotopic (exact) mass is 432 g/mol. The molecule has 0 saturated heterocycles. The number of ether oxygens (including phenoxy) is 2. The summed E-state index contributed by atoms with van der Waals surface area (Å²) in [6.45, 7) is 4.18. The zero-order valence-electron chi connectivity index (χ0n) is 18.7. The molecule has 0 unspecified atom stereocenters. The van der Waals surface area contributed by atoms with E-state index >= 15 is 0 Å². The van der Waals surface area contributed by atoms with Gasteiger partial charge in [0.25, 0.3) is 0 Å². The average Bonchev–Trinajstić information content (AvgIpc) is 3.22. The summed E-state index contributed by atoms with van der Waals surface area (Å²) in [6, 6.07) is 16.8. The van der Waals surface area contributed by atoms with Crippen LogP contribution in [0.25, 0.3) is 16.6 Å². The molecule has 0 fully saturated rings. The van der Waals surface area contributed by atoms with Crippen molar-refractivity contribution in [3.63, 3.8) is 0 Å². The second kappa shape index (κ2) is 8.88. The minimum atomic E-state index is -0.308. The normalized spacial score (nSPS) is 13.3. The van der Waals surface area contributed by atoms with Crippen molar-refractivity contribution in [2.24, 2.45) is 18.7 Å². The van der Waals surface area contributed by atoms with Crippen LogP contribution in [-0.2, 0) is 7.05 Å². The van der Waals surface area contributed by atoms with Crippen LogP contribution >= 0.6 is 0 Å². The molecule has 0 amide bonds.